The molecule has 110 valence electrons. The van der Waals surface area contributed by atoms with Gasteiger partial charge in [-0.1, -0.05) is 6.92 Å². The zero-order valence-corrected chi connectivity index (χ0v) is 11.6. The van der Waals surface area contributed by atoms with Crippen molar-refractivity contribution >= 4 is 11.6 Å². The molecule has 1 rings (SSSR count). The van der Waals surface area contributed by atoms with Crippen LogP contribution >= 0.6 is 0 Å². The van der Waals surface area contributed by atoms with E-state index in [1.54, 1.807) is 6.92 Å². The molecule has 1 atom stereocenters. The number of amides is 1. The van der Waals surface area contributed by atoms with Crippen LogP contribution in [0.5, 0.6) is 0 Å². The molecule has 0 saturated heterocycles. The van der Waals surface area contributed by atoms with E-state index in [0.717, 1.165) is 12.1 Å². The molecule has 6 nitrogen and oxygen atoms in total. The Kier molecular flexibility index (Phi) is 4.78. The van der Waals surface area contributed by atoms with Crippen molar-refractivity contribution < 1.29 is 19.2 Å². The van der Waals surface area contributed by atoms with Crippen LogP contribution in [0.3, 0.4) is 0 Å². The van der Waals surface area contributed by atoms with Crippen molar-refractivity contribution in [3.05, 3.63) is 39.2 Å². The summed E-state index contributed by atoms with van der Waals surface area (Å²) >= 11 is 0. The van der Waals surface area contributed by atoms with Gasteiger partial charge in [-0.05, 0) is 25.8 Å². The quantitative estimate of drug-likeness (QED) is 0.638. The number of halogens is 1. The second-order valence-electron chi connectivity index (χ2n) is 4.91. The molecule has 1 unspecified atom stereocenters. The number of nitro benzene ring substituents is 1. The standard InChI is InChI=1S/C13H17FN2O4/c1-4-13(3,18)7-15-12(17)10-6-9(16(19)20)5-8(2)11(10)14/h5-6,18H,4,7H2,1-3H3,(H,15,17). The van der Waals surface area contributed by atoms with Crippen molar-refractivity contribution in [2.75, 3.05) is 6.54 Å². The van der Waals surface area contributed by atoms with E-state index in [1.807, 2.05) is 0 Å². The number of hydrogen-bond donors (Lipinski definition) is 2. The van der Waals surface area contributed by atoms with Crippen molar-refractivity contribution in [1.29, 1.82) is 0 Å². The summed E-state index contributed by atoms with van der Waals surface area (Å²) in [6.07, 6.45) is 0.406. The number of hydrogen-bond acceptors (Lipinski definition) is 4. The largest absolute Gasteiger partial charge is 0.388 e. The van der Waals surface area contributed by atoms with E-state index in [2.05, 4.69) is 5.32 Å². The lowest BCUT2D eigenvalue weighted by Gasteiger charge is -2.21. The molecule has 1 aromatic carbocycles. The molecule has 7 heteroatoms. The lowest BCUT2D eigenvalue weighted by Crippen LogP contribution is -2.40. The van der Waals surface area contributed by atoms with Crippen LogP contribution in [0.1, 0.15) is 36.2 Å². The van der Waals surface area contributed by atoms with Gasteiger partial charge in [0.25, 0.3) is 11.6 Å². The van der Waals surface area contributed by atoms with Gasteiger partial charge in [-0.2, -0.15) is 0 Å². The molecule has 0 aliphatic carbocycles. The third-order valence-electron chi connectivity index (χ3n) is 3.09. The maximum atomic E-state index is 13.9. The fourth-order valence-corrected chi connectivity index (χ4v) is 1.51. The van der Waals surface area contributed by atoms with Gasteiger partial charge < -0.3 is 10.4 Å². The number of nitro groups is 1. The minimum atomic E-state index is -1.11. The summed E-state index contributed by atoms with van der Waals surface area (Å²) in [5.41, 5.74) is -1.84. The number of rotatable bonds is 5. The number of carbonyl (C=O) groups excluding carboxylic acids is 1. The predicted octanol–water partition coefficient (Wildman–Crippen LogP) is 1.93. The first-order valence-electron chi connectivity index (χ1n) is 6.13. The topological polar surface area (TPSA) is 92.5 Å². The van der Waals surface area contributed by atoms with Crippen molar-refractivity contribution in [2.24, 2.45) is 0 Å². The van der Waals surface area contributed by atoms with Crippen LogP contribution in [0, 0.1) is 22.9 Å². The SMILES string of the molecule is CCC(C)(O)CNC(=O)c1cc([N+](=O)[O-])cc(C)c1F. The Labute approximate surface area is 115 Å². The monoisotopic (exact) mass is 284 g/mol. The zero-order valence-electron chi connectivity index (χ0n) is 11.6. The molecule has 0 saturated carbocycles. The highest BCUT2D eigenvalue weighted by Gasteiger charge is 2.23. The first kappa shape index (κ1) is 16.0. The minimum Gasteiger partial charge on any atom is -0.388 e. The number of nitrogens with one attached hydrogen (secondary N) is 1. The average molecular weight is 284 g/mol. The van der Waals surface area contributed by atoms with E-state index >= 15 is 0 Å². The Morgan fingerprint density at radius 1 is 1.55 bits per heavy atom. The molecule has 0 spiro atoms. The van der Waals surface area contributed by atoms with Gasteiger partial charge in [-0.3, -0.25) is 14.9 Å². The van der Waals surface area contributed by atoms with Gasteiger partial charge in [0.1, 0.15) is 5.82 Å². The molecular weight excluding hydrogens is 267 g/mol. The highest BCUT2D eigenvalue weighted by Crippen LogP contribution is 2.21. The Morgan fingerprint density at radius 3 is 2.65 bits per heavy atom. The summed E-state index contributed by atoms with van der Waals surface area (Å²) < 4.78 is 13.9. The molecule has 0 aliphatic heterocycles. The van der Waals surface area contributed by atoms with E-state index < -0.39 is 27.8 Å². The zero-order chi connectivity index (χ0) is 15.5. The maximum absolute atomic E-state index is 13.9. The first-order chi connectivity index (χ1) is 9.18. The van der Waals surface area contributed by atoms with Gasteiger partial charge in [0.2, 0.25) is 0 Å². The fourth-order valence-electron chi connectivity index (χ4n) is 1.51. The van der Waals surface area contributed by atoms with E-state index in [4.69, 9.17) is 0 Å². The van der Waals surface area contributed by atoms with E-state index in [9.17, 15) is 24.4 Å². The van der Waals surface area contributed by atoms with Crippen LogP contribution in [0.25, 0.3) is 0 Å². The Hall–Kier alpha value is -2.02. The predicted molar refractivity (Wildman–Crippen MR) is 71.0 cm³/mol. The Bertz CT molecular complexity index is 543. The van der Waals surface area contributed by atoms with Crippen LogP contribution in [0.4, 0.5) is 10.1 Å². The summed E-state index contributed by atoms with van der Waals surface area (Å²) in [6, 6.07) is 1.95. The van der Waals surface area contributed by atoms with Crippen molar-refractivity contribution in [1.82, 2.24) is 5.32 Å². The molecule has 0 radical (unpaired) electrons. The molecular formula is C13H17FN2O4. The fraction of sp³-hybridized carbons (Fsp3) is 0.462. The van der Waals surface area contributed by atoms with Gasteiger partial charge in [0.15, 0.2) is 0 Å². The van der Waals surface area contributed by atoms with Gasteiger partial charge >= 0.3 is 0 Å². The summed E-state index contributed by atoms with van der Waals surface area (Å²) in [7, 11) is 0. The number of carbonyl (C=O) groups is 1. The number of aliphatic hydroxyl groups is 1. The summed E-state index contributed by atoms with van der Waals surface area (Å²) in [6.45, 7) is 4.55. The smallest absolute Gasteiger partial charge is 0.270 e. The van der Waals surface area contributed by atoms with Gasteiger partial charge in [0, 0.05) is 18.7 Å². The highest BCUT2D eigenvalue weighted by atomic mass is 19.1. The average Bonchev–Trinajstić information content (AvgIpc) is 2.38. The highest BCUT2D eigenvalue weighted by molar-refractivity contribution is 5.95. The number of benzene rings is 1. The number of aryl methyl sites for hydroxylation is 1. The lowest BCUT2D eigenvalue weighted by molar-refractivity contribution is -0.385. The minimum absolute atomic E-state index is 0.0200. The first-order valence-corrected chi connectivity index (χ1v) is 6.13. The van der Waals surface area contributed by atoms with Crippen molar-refractivity contribution in [3.8, 4) is 0 Å². The van der Waals surface area contributed by atoms with Crippen LogP contribution in [0.2, 0.25) is 0 Å². The lowest BCUT2D eigenvalue weighted by atomic mass is 10.0. The van der Waals surface area contributed by atoms with Crippen LogP contribution in [0.15, 0.2) is 12.1 Å². The molecule has 1 amide bonds. The normalized spacial score (nSPS) is 13.7. The van der Waals surface area contributed by atoms with Gasteiger partial charge in [-0.25, -0.2) is 4.39 Å². The summed E-state index contributed by atoms with van der Waals surface area (Å²) in [4.78, 5) is 21.9. The molecule has 0 bridgehead atoms. The third-order valence-corrected chi connectivity index (χ3v) is 3.09. The van der Waals surface area contributed by atoms with Crippen LogP contribution < -0.4 is 5.32 Å². The van der Waals surface area contributed by atoms with Crippen LogP contribution in [-0.2, 0) is 0 Å². The van der Waals surface area contributed by atoms with E-state index in [-0.39, 0.29) is 17.8 Å². The molecule has 0 aromatic heterocycles. The molecule has 0 fully saturated rings. The van der Waals surface area contributed by atoms with Crippen molar-refractivity contribution in [2.45, 2.75) is 32.8 Å². The second kappa shape index (κ2) is 5.96. The van der Waals surface area contributed by atoms with Gasteiger partial charge in [0.05, 0.1) is 16.1 Å². The van der Waals surface area contributed by atoms with E-state index in [1.165, 1.54) is 13.8 Å². The van der Waals surface area contributed by atoms with E-state index in [0.29, 0.717) is 6.42 Å². The molecule has 0 heterocycles. The molecule has 2 N–H and O–H groups in total. The van der Waals surface area contributed by atoms with Gasteiger partial charge in [-0.15, -0.1) is 0 Å². The maximum Gasteiger partial charge on any atom is 0.270 e. The second-order valence-corrected chi connectivity index (χ2v) is 4.91. The molecule has 20 heavy (non-hydrogen) atoms. The molecule has 1 aromatic rings. The number of non-ortho nitro benzene ring substituents is 1. The third kappa shape index (κ3) is 3.74. The molecule has 0 aliphatic rings. The Balaban J connectivity index is 3.01. The summed E-state index contributed by atoms with van der Waals surface area (Å²) in [5.74, 6) is -1.59. The summed E-state index contributed by atoms with van der Waals surface area (Å²) in [5, 5.41) is 22.9. The van der Waals surface area contributed by atoms with Crippen LogP contribution in [-0.4, -0.2) is 28.1 Å². The number of nitrogens with zero attached hydrogens (tertiary/aromatic N) is 1. The Morgan fingerprint density at radius 2 is 2.15 bits per heavy atom. The van der Waals surface area contributed by atoms with Crippen molar-refractivity contribution in [3.63, 3.8) is 0 Å².